The monoisotopic (exact) mass is 682 g/mol. The van der Waals surface area contributed by atoms with Gasteiger partial charge in [0.25, 0.3) is 0 Å². The van der Waals surface area contributed by atoms with Crippen LogP contribution in [0, 0.1) is 5.92 Å². The first-order valence-corrected chi connectivity index (χ1v) is 19.0. The molecule has 0 amide bonds. The van der Waals surface area contributed by atoms with E-state index in [-0.39, 0.29) is 11.5 Å². The Morgan fingerprint density at radius 1 is 0.585 bits per heavy atom. The highest BCUT2D eigenvalue weighted by Crippen LogP contribution is 2.50. The Morgan fingerprint density at radius 3 is 2.11 bits per heavy atom. The molecule has 0 aliphatic heterocycles. The maximum Gasteiger partial charge on any atom is 0.0561 e. The molecule has 0 saturated carbocycles. The van der Waals surface area contributed by atoms with Crippen molar-refractivity contribution in [2.24, 2.45) is 5.92 Å². The fourth-order valence-electron chi connectivity index (χ4n) is 9.11. The number of nitrogens with zero attached hydrogens (tertiary/aromatic N) is 2. The third-order valence-electron chi connectivity index (χ3n) is 11.9. The van der Waals surface area contributed by atoms with Gasteiger partial charge in [0.15, 0.2) is 0 Å². The lowest BCUT2D eigenvalue weighted by Crippen LogP contribution is -2.31. The van der Waals surface area contributed by atoms with E-state index in [0.29, 0.717) is 5.92 Å². The van der Waals surface area contributed by atoms with Crippen LogP contribution in [-0.4, -0.2) is 10.6 Å². The SMILES string of the molecule is CC1(C)c2ccccc2-c2ccc(N(c3ccc4c5ccccc5n(-c5ccc(-c6ccccc6)cc5)c4c3)C3C=CC(C4C=CC=CC4)=CC3)cc21. The van der Waals surface area contributed by atoms with E-state index in [2.05, 4.69) is 205 Å². The summed E-state index contributed by atoms with van der Waals surface area (Å²) in [5.41, 5.74) is 15.3. The maximum atomic E-state index is 2.58. The summed E-state index contributed by atoms with van der Waals surface area (Å²) in [6.07, 6.45) is 18.3. The topological polar surface area (TPSA) is 8.17 Å². The smallest absolute Gasteiger partial charge is 0.0561 e. The third-order valence-corrected chi connectivity index (χ3v) is 11.9. The highest BCUT2D eigenvalue weighted by atomic mass is 15.2. The fraction of sp³-hybridized carbons (Fsp3) is 0.137. The summed E-state index contributed by atoms with van der Waals surface area (Å²) in [5.74, 6) is 0.449. The molecule has 0 saturated heterocycles. The fourth-order valence-corrected chi connectivity index (χ4v) is 9.11. The molecule has 6 aromatic carbocycles. The number of allylic oxidation sites excluding steroid dienone is 6. The zero-order chi connectivity index (χ0) is 35.5. The molecular formula is C51H42N2. The van der Waals surface area contributed by atoms with Crippen molar-refractivity contribution < 1.29 is 0 Å². The van der Waals surface area contributed by atoms with E-state index in [0.717, 1.165) is 18.5 Å². The van der Waals surface area contributed by atoms with Gasteiger partial charge in [0.2, 0.25) is 0 Å². The van der Waals surface area contributed by atoms with E-state index < -0.39 is 0 Å². The molecule has 0 radical (unpaired) electrons. The Labute approximate surface area is 312 Å². The number of hydrogen-bond donors (Lipinski definition) is 0. The highest BCUT2D eigenvalue weighted by molar-refractivity contribution is 6.10. The van der Waals surface area contributed by atoms with Crippen molar-refractivity contribution in [2.75, 3.05) is 4.90 Å². The zero-order valence-corrected chi connectivity index (χ0v) is 30.3. The lowest BCUT2D eigenvalue weighted by atomic mass is 9.82. The summed E-state index contributed by atoms with van der Waals surface area (Å²) in [6.45, 7) is 4.75. The molecule has 3 aliphatic rings. The predicted molar refractivity (Wildman–Crippen MR) is 224 cm³/mol. The summed E-state index contributed by atoms with van der Waals surface area (Å²) in [5, 5.41) is 2.53. The first kappa shape index (κ1) is 31.6. The molecule has 0 bridgehead atoms. The molecule has 53 heavy (non-hydrogen) atoms. The normalized spacial score (nSPS) is 18.3. The van der Waals surface area contributed by atoms with E-state index in [9.17, 15) is 0 Å². The molecule has 2 atom stereocenters. The molecular weight excluding hydrogens is 641 g/mol. The van der Waals surface area contributed by atoms with Crippen LogP contribution in [0.5, 0.6) is 0 Å². The summed E-state index contributed by atoms with van der Waals surface area (Å²) in [7, 11) is 0. The van der Waals surface area contributed by atoms with Crippen molar-refractivity contribution in [3.05, 3.63) is 199 Å². The van der Waals surface area contributed by atoms with Crippen LogP contribution in [0.3, 0.4) is 0 Å². The molecule has 2 unspecified atom stereocenters. The van der Waals surface area contributed by atoms with Crippen molar-refractivity contribution in [3.63, 3.8) is 0 Å². The Kier molecular flexibility index (Phi) is 7.47. The Balaban J connectivity index is 1.12. The number of anilines is 2. The molecule has 1 heterocycles. The largest absolute Gasteiger partial charge is 0.334 e. The standard InChI is InChI=1S/C51H42N2/c1-51(2)47-19-11-9-17-43(47)44-31-29-41(33-48(44)51)52(39-25-21-37(22-26-39)35-13-5-3-6-14-35)42-30-32-46-45-18-10-12-20-49(45)53(50(46)34-42)40-27-23-38(24-28-40)36-15-7-4-8-16-36/h3-13,15-25,27-35,39H,14,26H2,1-2H3. The Hall–Kier alpha value is -6.12. The van der Waals surface area contributed by atoms with Gasteiger partial charge in [-0.2, -0.15) is 0 Å². The number of hydrogen-bond acceptors (Lipinski definition) is 1. The summed E-state index contributed by atoms with van der Waals surface area (Å²) in [4.78, 5) is 2.58. The second-order valence-electron chi connectivity index (χ2n) is 15.3. The maximum absolute atomic E-state index is 2.58. The molecule has 2 nitrogen and oxygen atoms in total. The number of para-hydroxylation sites is 1. The van der Waals surface area contributed by atoms with Gasteiger partial charge in [0.1, 0.15) is 0 Å². The van der Waals surface area contributed by atoms with Crippen molar-refractivity contribution in [1.82, 2.24) is 4.57 Å². The molecule has 0 fully saturated rings. The first-order valence-electron chi connectivity index (χ1n) is 19.0. The van der Waals surface area contributed by atoms with Crippen LogP contribution in [0.4, 0.5) is 11.4 Å². The van der Waals surface area contributed by atoms with Crippen LogP contribution in [-0.2, 0) is 5.41 Å². The molecule has 256 valence electrons. The van der Waals surface area contributed by atoms with E-state index >= 15 is 0 Å². The average molecular weight is 683 g/mol. The van der Waals surface area contributed by atoms with E-state index in [1.165, 1.54) is 72.1 Å². The van der Waals surface area contributed by atoms with Gasteiger partial charge in [-0.25, -0.2) is 0 Å². The molecule has 2 heteroatoms. The van der Waals surface area contributed by atoms with Crippen LogP contribution < -0.4 is 4.90 Å². The minimum Gasteiger partial charge on any atom is -0.334 e. The van der Waals surface area contributed by atoms with E-state index in [1.54, 1.807) is 0 Å². The van der Waals surface area contributed by atoms with Crippen LogP contribution in [0.1, 0.15) is 37.8 Å². The predicted octanol–water partition coefficient (Wildman–Crippen LogP) is 13.3. The van der Waals surface area contributed by atoms with Gasteiger partial charge in [0, 0.05) is 39.2 Å². The van der Waals surface area contributed by atoms with Crippen LogP contribution in [0.25, 0.3) is 49.7 Å². The van der Waals surface area contributed by atoms with Gasteiger partial charge >= 0.3 is 0 Å². The number of rotatable bonds is 6. The Morgan fingerprint density at radius 2 is 1.30 bits per heavy atom. The van der Waals surface area contributed by atoms with Gasteiger partial charge in [-0.15, -0.1) is 0 Å². The van der Waals surface area contributed by atoms with Crippen molar-refractivity contribution in [1.29, 1.82) is 0 Å². The first-order chi connectivity index (χ1) is 26.0. The van der Waals surface area contributed by atoms with Crippen molar-refractivity contribution in [3.8, 4) is 27.9 Å². The van der Waals surface area contributed by atoms with Crippen LogP contribution >= 0.6 is 0 Å². The second kappa shape index (κ2) is 12.5. The second-order valence-corrected chi connectivity index (χ2v) is 15.3. The molecule has 10 rings (SSSR count). The number of aromatic nitrogens is 1. The average Bonchev–Trinajstić information content (AvgIpc) is 3.67. The minimum absolute atomic E-state index is 0.0772. The highest BCUT2D eigenvalue weighted by Gasteiger charge is 2.36. The van der Waals surface area contributed by atoms with Gasteiger partial charge in [0.05, 0.1) is 17.1 Å². The van der Waals surface area contributed by atoms with Crippen molar-refractivity contribution >= 4 is 33.2 Å². The van der Waals surface area contributed by atoms with Gasteiger partial charge in [-0.1, -0.05) is 153 Å². The third kappa shape index (κ3) is 5.24. The quantitative estimate of drug-likeness (QED) is 0.169. The van der Waals surface area contributed by atoms with Crippen molar-refractivity contribution in [2.45, 2.75) is 38.1 Å². The summed E-state index contributed by atoms with van der Waals surface area (Å²) in [6, 6.07) is 51.9. The van der Waals surface area contributed by atoms with Gasteiger partial charge in [-0.05, 0) is 94.3 Å². The Bertz CT molecular complexity index is 2650. The van der Waals surface area contributed by atoms with Gasteiger partial charge in [-0.3, -0.25) is 0 Å². The van der Waals surface area contributed by atoms with E-state index in [4.69, 9.17) is 0 Å². The minimum atomic E-state index is -0.0772. The molecule has 7 aromatic rings. The lowest BCUT2D eigenvalue weighted by Gasteiger charge is -2.35. The van der Waals surface area contributed by atoms with Gasteiger partial charge < -0.3 is 9.47 Å². The molecule has 1 aromatic heterocycles. The van der Waals surface area contributed by atoms with Crippen LogP contribution in [0.2, 0.25) is 0 Å². The molecule has 3 aliphatic carbocycles. The lowest BCUT2D eigenvalue weighted by molar-refractivity contribution is 0.659. The zero-order valence-electron chi connectivity index (χ0n) is 30.3. The number of benzene rings is 6. The molecule has 0 N–H and O–H groups in total. The summed E-state index contributed by atoms with van der Waals surface area (Å²) >= 11 is 0. The van der Waals surface area contributed by atoms with Crippen LogP contribution in [0.15, 0.2) is 188 Å². The number of fused-ring (bicyclic) bond motifs is 6. The van der Waals surface area contributed by atoms with E-state index in [1.807, 2.05) is 0 Å². The molecule has 0 spiro atoms. The summed E-state index contributed by atoms with van der Waals surface area (Å²) < 4.78 is 2.45.